The highest BCUT2D eigenvalue weighted by atomic mass is 19.1. The van der Waals surface area contributed by atoms with E-state index in [0.717, 1.165) is 6.07 Å². The lowest BCUT2D eigenvalue weighted by Gasteiger charge is -2.29. The third kappa shape index (κ3) is 2.79. The molecule has 1 heterocycles. The molecule has 0 saturated carbocycles. The summed E-state index contributed by atoms with van der Waals surface area (Å²) in [5.41, 5.74) is 0.640. The smallest absolute Gasteiger partial charge is 0.126 e. The molecule has 1 aliphatic heterocycles. The Hall–Kier alpha value is -1.00. The van der Waals surface area contributed by atoms with Gasteiger partial charge < -0.3 is 10.1 Å². The van der Waals surface area contributed by atoms with Crippen LogP contribution in [0.25, 0.3) is 0 Å². The fraction of sp³-hybridized carbons (Fsp3) is 0.600. The van der Waals surface area contributed by atoms with Crippen LogP contribution in [0.3, 0.4) is 0 Å². The SMILES string of the molecule is CNC(c1cc(F)cc(F)c1)C1C(C)OC(C)C1C. The number of nitrogens with one attached hydrogen (secondary N) is 1. The molecule has 1 fully saturated rings. The van der Waals surface area contributed by atoms with Crippen molar-refractivity contribution in [3.8, 4) is 0 Å². The van der Waals surface area contributed by atoms with Crippen LogP contribution in [0.2, 0.25) is 0 Å². The van der Waals surface area contributed by atoms with Crippen LogP contribution in [-0.4, -0.2) is 19.3 Å². The molecule has 5 atom stereocenters. The van der Waals surface area contributed by atoms with E-state index < -0.39 is 11.6 Å². The minimum absolute atomic E-state index is 0.0637. The predicted octanol–water partition coefficient (Wildman–Crippen LogP) is 3.28. The Kier molecular flexibility index (Phi) is 4.21. The highest BCUT2D eigenvalue weighted by Crippen LogP contribution is 2.40. The van der Waals surface area contributed by atoms with Crippen molar-refractivity contribution in [2.75, 3.05) is 7.05 Å². The average molecular weight is 269 g/mol. The molecular formula is C15H21F2NO. The summed E-state index contributed by atoms with van der Waals surface area (Å²) < 4.78 is 32.6. The van der Waals surface area contributed by atoms with E-state index in [4.69, 9.17) is 4.74 Å². The minimum Gasteiger partial charge on any atom is -0.375 e. The number of hydrogen-bond donors (Lipinski definition) is 1. The monoisotopic (exact) mass is 269 g/mol. The highest BCUT2D eigenvalue weighted by Gasteiger charge is 2.41. The van der Waals surface area contributed by atoms with Crippen LogP contribution in [0.1, 0.15) is 32.4 Å². The summed E-state index contributed by atoms with van der Waals surface area (Å²) in [5, 5.41) is 3.18. The molecule has 2 rings (SSSR count). The van der Waals surface area contributed by atoms with E-state index in [-0.39, 0.29) is 24.2 Å². The van der Waals surface area contributed by atoms with E-state index >= 15 is 0 Å². The van der Waals surface area contributed by atoms with Crippen LogP contribution in [0.5, 0.6) is 0 Å². The Morgan fingerprint density at radius 3 is 2.05 bits per heavy atom. The summed E-state index contributed by atoms with van der Waals surface area (Å²) in [6, 6.07) is 3.58. The van der Waals surface area contributed by atoms with Gasteiger partial charge in [0.05, 0.1) is 12.2 Å². The van der Waals surface area contributed by atoms with Crippen LogP contribution in [0.4, 0.5) is 8.78 Å². The lowest BCUT2D eigenvalue weighted by Crippen LogP contribution is -2.33. The molecule has 0 aromatic heterocycles. The van der Waals surface area contributed by atoms with E-state index in [2.05, 4.69) is 12.2 Å². The number of hydrogen-bond acceptors (Lipinski definition) is 2. The average Bonchev–Trinajstić information content (AvgIpc) is 2.56. The Morgan fingerprint density at radius 1 is 1.05 bits per heavy atom. The van der Waals surface area contributed by atoms with E-state index in [1.165, 1.54) is 12.1 Å². The molecule has 0 bridgehead atoms. The van der Waals surface area contributed by atoms with Crippen LogP contribution in [-0.2, 0) is 4.74 Å². The van der Waals surface area contributed by atoms with Crippen LogP contribution in [0.15, 0.2) is 18.2 Å². The van der Waals surface area contributed by atoms with Crippen LogP contribution >= 0.6 is 0 Å². The highest BCUT2D eigenvalue weighted by molar-refractivity contribution is 5.23. The van der Waals surface area contributed by atoms with Gasteiger partial charge in [0.2, 0.25) is 0 Å². The molecule has 0 amide bonds. The van der Waals surface area contributed by atoms with Crippen molar-refractivity contribution >= 4 is 0 Å². The Balaban J connectivity index is 2.34. The third-order valence-corrected chi connectivity index (χ3v) is 4.26. The van der Waals surface area contributed by atoms with Gasteiger partial charge in [-0.05, 0) is 44.5 Å². The van der Waals surface area contributed by atoms with Gasteiger partial charge in [-0.2, -0.15) is 0 Å². The van der Waals surface area contributed by atoms with Crippen LogP contribution in [0, 0.1) is 23.5 Å². The third-order valence-electron chi connectivity index (χ3n) is 4.26. The standard InChI is InChI=1S/C15H21F2NO/c1-8-9(2)19-10(3)14(8)15(18-4)11-5-12(16)7-13(17)6-11/h5-10,14-15,18H,1-4H3. The lowest BCUT2D eigenvalue weighted by atomic mass is 9.80. The Labute approximate surface area is 113 Å². The molecule has 2 nitrogen and oxygen atoms in total. The normalized spacial score (nSPS) is 32.5. The summed E-state index contributed by atoms with van der Waals surface area (Å²) in [6.45, 7) is 6.18. The Bertz CT molecular complexity index is 432. The first kappa shape index (κ1) is 14.4. The van der Waals surface area contributed by atoms with E-state index in [1.807, 2.05) is 20.9 Å². The first-order chi connectivity index (χ1) is 8.93. The van der Waals surface area contributed by atoms with Crippen molar-refractivity contribution in [2.24, 2.45) is 11.8 Å². The molecule has 0 radical (unpaired) electrons. The molecule has 4 heteroatoms. The summed E-state index contributed by atoms with van der Waals surface area (Å²) in [6.07, 6.45) is 0.225. The number of rotatable bonds is 3. The summed E-state index contributed by atoms with van der Waals surface area (Å²) in [5.74, 6) is -0.551. The van der Waals surface area contributed by atoms with Gasteiger partial charge >= 0.3 is 0 Å². The number of halogens is 2. The minimum atomic E-state index is -0.539. The number of benzene rings is 1. The van der Waals surface area contributed by atoms with Crippen molar-refractivity contribution in [1.82, 2.24) is 5.32 Å². The molecule has 1 aliphatic rings. The fourth-order valence-corrected chi connectivity index (χ4v) is 3.20. The van der Waals surface area contributed by atoms with E-state index in [9.17, 15) is 8.78 Å². The first-order valence-corrected chi connectivity index (χ1v) is 6.72. The number of ether oxygens (including phenoxy) is 1. The second-order valence-electron chi connectivity index (χ2n) is 5.45. The second-order valence-corrected chi connectivity index (χ2v) is 5.45. The van der Waals surface area contributed by atoms with Gasteiger partial charge in [-0.1, -0.05) is 6.92 Å². The molecule has 0 spiro atoms. The topological polar surface area (TPSA) is 21.3 Å². The molecule has 1 aromatic carbocycles. The Morgan fingerprint density at radius 2 is 1.63 bits per heavy atom. The van der Waals surface area contributed by atoms with Gasteiger partial charge in [0.1, 0.15) is 11.6 Å². The van der Waals surface area contributed by atoms with Crippen LogP contribution < -0.4 is 5.32 Å². The summed E-state index contributed by atoms with van der Waals surface area (Å²) in [4.78, 5) is 0. The van der Waals surface area contributed by atoms with Gasteiger partial charge in [-0.3, -0.25) is 0 Å². The van der Waals surface area contributed by atoms with E-state index in [0.29, 0.717) is 11.5 Å². The van der Waals surface area contributed by atoms with Gasteiger partial charge in [-0.25, -0.2) is 8.78 Å². The lowest BCUT2D eigenvalue weighted by molar-refractivity contribution is 0.0478. The molecule has 1 aromatic rings. The van der Waals surface area contributed by atoms with E-state index in [1.54, 1.807) is 0 Å². The maximum atomic E-state index is 13.4. The zero-order valence-corrected chi connectivity index (χ0v) is 11.8. The van der Waals surface area contributed by atoms with Crippen molar-refractivity contribution < 1.29 is 13.5 Å². The van der Waals surface area contributed by atoms with Gasteiger partial charge in [0.15, 0.2) is 0 Å². The maximum Gasteiger partial charge on any atom is 0.126 e. The fourth-order valence-electron chi connectivity index (χ4n) is 3.20. The molecule has 106 valence electrons. The molecule has 19 heavy (non-hydrogen) atoms. The predicted molar refractivity (Wildman–Crippen MR) is 70.8 cm³/mol. The molecule has 0 aliphatic carbocycles. The largest absolute Gasteiger partial charge is 0.375 e. The van der Waals surface area contributed by atoms with Crippen molar-refractivity contribution in [3.63, 3.8) is 0 Å². The zero-order chi connectivity index (χ0) is 14.2. The zero-order valence-electron chi connectivity index (χ0n) is 11.8. The summed E-state index contributed by atoms with van der Waals surface area (Å²) in [7, 11) is 1.82. The maximum absolute atomic E-state index is 13.4. The first-order valence-electron chi connectivity index (χ1n) is 6.72. The second kappa shape index (κ2) is 5.55. The molecule has 1 saturated heterocycles. The summed E-state index contributed by atoms with van der Waals surface area (Å²) >= 11 is 0. The van der Waals surface area contributed by atoms with Gasteiger partial charge in [0.25, 0.3) is 0 Å². The van der Waals surface area contributed by atoms with Crippen molar-refractivity contribution in [3.05, 3.63) is 35.4 Å². The van der Waals surface area contributed by atoms with Gasteiger partial charge in [0, 0.05) is 18.0 Å². The molecule has 1 N–H and O–H groups in total. The molecule has 5 unspecified atom stereocenters. The molecular weight excluding hydrogens is 248 g/mol. The van der Waals surface area contributed by atoms with Crippen molar-refractivity contribution in [2.45, 2.75) is 39.0 Å². The van der Waals surface area contributed by atoms with Gasteiger partial charge in [-0.15, -0.1) is 0 Å². The van der Waals surface area contributed by atoms with Crippen molar-refractivity contribution in [1.29, 1.82) is 0 Å². The quantitative estimate of drug-likeness (QED) is 0.909.